The number of rotatable bonds is 3. The SMILES string of the molecule is Nc1ccc(Nc2ccc(Cl)cc2)c(C(=O)N2CCCC2)c1. The van der Waals surface area contributed by atoms with Crippen LogP contribution < -0.4 is 11.1 Å². The molecule has 22 heavy (non-hydrogen) atoms. The summed E-state index contributed by atoms with van der Waals surface area (Å²) < 4.78 is 0. The van der Waals surface area contributed by atoms with Crippen LogP contribution in [0.25, 0.3) is 0 Å². The number of likely N-dealkylation sites (tertiary alicyclic amines) is 1. The van der Waals surface area contributed by atoms with E-state index in [1.807, 2.05) is 35.2 Å². The van der Waals surface area contributed by atoms with E-state index in [-0.39, 0.29) is 5.91 Å². The third kappa shape index (κ3) is 3.17. The lowest BCUT2D eigenvalue weighted by Crippen LogP contribution is -2.28. The molecule has 1 aliphatic heterocycles. The highest BCUT2D eigenvalue weighted by Crippen LogP contribution is 2.26. The van der Waals surface area contributed by atoms with Crippen LogP contribution in [-0.2, 0) is 0 Å². The van der Waals surface area contributed by atoms with Gasteiger partial charge in [0.1, 0.15) is 0 Å². The molecule has 114 valence electrons. The Kier molecular flexibility index (Phi) is 4.20. The van der Waals surface area contributed by atoms with Crippen LogP contribution in [0.3, 0.4) is 0 Å². The van der Waals surface area contributed by atoms with Gasteiger partial charge in [0.25, 0.3) is 5.91 Å². The predicted molar refractivity (Wildman–Crippen MR) is 90.7 cm³/mol. The molecule has 0 unspecified atom stereocenters. The molecule has 0 atom stereocenters. The summed E-state index contributed by atoms with van der Waals surface area (Å²) in [5.74, 6) is 0.0289. The Balaban J connectivity index is 1.90. The Bertz CT molecular complexity index is 679. The van der Waals surface area contributed by atoms with Crippen molar-refractivity contribution in [2.24, 2.45) is 0 Å². The van der Waals surface area contributed by atoms with E-state index in [1.54, 1.807) is 12.1 Å². The van der Waals surface area contributed by atoms with Crippen LogP contribution in [0.1, 0.15) is 23.2 Å². The van der Waals surface area contributed by atoms with Crippen molar-refractivity contribution >= 4 is 34.6 Å². The predicted octanol–water partition coefficient (Wildman–Crippen LogP) is 3.90. The summed E-state index contributed by atoms with van der Waals surface area (Å²) in [6, 6.07) is 12.7. The minimum absolute atomic E-state index is 0.0289. The Morgan fingerprint density at radius 1 is 1.09 bits per heavy atom. The first kappa shape index (κ1) is 14.7. The lowest BCUT2D eigenvalue weighted by Gasteiger charge is -2.19. The third-order valence-electron chi connectivity index (χ3n) is 3.79. The van der Waals surface area contributed by atoms with Gasteiger partial charge in [-0.05, 0) is 55.3 Å². The van der Waals surface area contributed by atoms with E-state index >= 15 is 0 Å². The summed E-state index contributed by atoms with van der Waals surface area (Å²) >= 11 is 5.90. The molecule has 2 aromatic rings. The molecule has 1 heterocycles. The molecule has 5 heteroatoms. The number of nitrogens with one attached hydrogen (secondary N) is 1. The first-order valence-electron chi connectivity index (χ1n) is 7.35. The van der Waals surface area contributed by atoms with Gasteiger partial charge in [0.05, 0.1) is 11.3 Å². The number of carbonyl (C=O) groups is 1. The van der Waals surface area contributed by atoms with Crippen molar-refractivity contribution in [1.82, 2.24) is 4.90 Å². The summed E-state index contributed by atoms with van der Waals surface area (Å²) in [6.45, 7) is 1.63. The maximum Gasteiger partial charge on any atom is 0.256 e. The molecule has 0 saturated carbocycles. The minimum Gasteiger partial charge on any atom is -0.399 e. The topological polar surface area (TPSA) is 58.4 Å². The number of nitrogens with two attached hydrogens (primary N) is 1. The number of amides is 1. The van der Waals surface area contributed by atoms with Crippen molar-refractivity contribution in [1.29, 1.82) is 0 Å². The average Bonchev–Trinajstić information content (AvgIpc) is 3.05. The van der Waals surface area contributed by atoms with Gasteiger partial charge in [-0.25, -0.2) is 0 Å². The van der Waals surface area contributed by atoms with Crippen molar-refractivity contribution in [3.63, 3.8) is 0 Å². The van der Waals surface area contributed by atoms with Gasteiger partial charge in [-0.2, -0.15) is 0 Å². The first-order chi connectivity index (χ1) is 10.6. The number of nitrogens with zero attached hydrogens (tertiary/aromatic N) is 1. The van der Waals surface area contributed by atoms with Gasteiger partial charge in [0.2, 0.25) is 0 Å². The fourth-order valence-corrected chi connectivity index (χ4v) is 2.75. The smallest absolute Gasteiger partial charge is 0.256 e. The molecule has 2 aromatic carbocycles. The molecule has 0 radical (unpaired) electrons. The molecule has 0 spiro atoms. The van der Waals surface area contributed by atoms with Gasteiger partial charge in [0, 0.05) is 29.5 Å². The second-order valence-electron chi connectivity index (χ2n) is 5.44. The van der Waals surface area contributed by atoms with E-state index in [0.29, 0.717) is 16.3 Å². The van der Waals surface area contributed by atoms with E-state index in [2.05, 4.69) is 5.32 Å². The Morgan fingerprint density at radius 3 is 2.45 bits per heavy atom. The molecule has 3 rings (SSSR count). The third-order valence-corrected chi connectivity index (χ3v) is 4.04. The van der Waals surface area contributed by atoms with Crippen molar-refractivity contribution < 1.29 is 4.79 Å². The van der Waals surface area contributed by atoms with Crippen molar-refractivity contribution in [3.05, 3.63) is 53.1 Å². The number of anilines is 3. The van der Waals surface area contributed by atoms with Crippen LogP contribution in [0.5, 0.6) is 0 Å². The maximum absolute atomic E-state index is 12.7. The van der Waals surface area contributed by atoms with Gasteiger partial charge in [-0.15, -0.1) is 0 Å². The zero-order valence-electron chi connectivity index (χ0n) is 12.2. The van der Waals surface area contributed by atoms with Gasteiger partial charge in [0.15, 0.2) is 0 Å². The van der Waals surface area contributed by atoms with Crippen molar-refractivity contribution in [3.8, 4) is 0 Å². The number of hydrogen-bond donors (Lipinski definition) is 2. The Labute approximate surface area is 134 Å². The largest absolute Gasteiger partial charge is 0.399 e. The fraction of sp³-hybridized carbons (Fsp3) is 0.235. The van der Waals surface area contributed by atoms with Crippen LogP contribution in [0.15, 0.2) is 42.5 Å². The molecule has 0 bridgehead atoms. The standard InChI is InChI=1S/C17H18ClN3O/c18-12-3-6-14(7-4-12)20-16-8-5-13(19)11-15(16)17(22)21-9-1-2-10-21/h3-8,11,20H,1-2,9-10,19H2. The minimum atomic E-state index is 0.0289. The number of carbonyl (C=O) groups excluding carboxylic acids is 1. The maximum atomic E-state index is 12.7. The zero-order chi connectivity index (χ0) is 15.5. The molecule has 3 N–H and O–H groups in total. The molecular weight excluding hydrogens is 298 g/mol. The number of halogens is 1. The zero-order valence-corrected chi connectivity index (χ0v) is 12.9. The molecule has 0 aliphatic carbocycles. The molecule has 1 amide bonds. The Hall–Kier alpha value is -2.20. The molecular formula is C17H18ClN3O. The summed E-state index contributed by atoms with van der Waals surface area (Å²) in [5, 5.41) is 3.95. The van der Waals surface area contributed by atoms with Crippen LogP contribution in [0.2, 0.25) is 5.02 Å². The van der Waals surface area contributed by atoms with Gasteiger partial charge >= 0.3 is 0 Å². The van der Waals surface area contributed by atoms with Gasteiger partial charge < -0.3 is 16.0 Å². The van der Waals surface area contributed by atoms with Crippen molar-refractivity contribution in [2.45, 2.75) is 12.8 Å². The van der Waals surface area contributed by atoms with Gasteiger partial charge in [-0.3, -0.25) is 4.79 Å². The monoisotopic (exact) mass is 315 g/mol. The second-order valence-corrected chi connectivity index (χ2v) is 5.87. The van der Waals surface area contributed by atoms with E-state index in [1.165, 1.54) is 0 Å². The van der Waals surface area contributed by atoms with Gasteiger partial charge in [-0.1, -0.05) is 11.6 Å². The number of nitrogen functional groups attached to an aromatic ring is 1. The van der Waals surface area contributed by atoms with Crippen molar-refractivity contribution in [2.75, 3.05) is 24.1 Å². The van der Waals surface area contributed by atoms with Crippen LogP contribution >= 0.6 is 11.6 Å². The molecule has 1 fully saturated rings. The number of hydrogen-bond acceptors (Lipinski definition) is 3. The van der Waals surface area contributed by atoms with E-state index in [0.717, 1.165) is 37.3 Å². The Morgan fingerprint density at radius 2 is 1.77 bits per heavy atom. The highest BCUT2D eigenvalue weighted by molar-refractivity contribution is 6.30. The average molecular weight is 316 g/mol. The quantitative estimate of drug-likeness (QED) is 0.844. The number of benzene rings is 2. The van der Waals surface area contributed by atoms with Crippen LogP contribution in [0, 0.1) is 0 Å². The molecule has 1 saturated heterocycles. The molecule has 4 nitrogen and oxygen atoms in total. The summed E-state index contributed by atoms with van der Waals surface area (Å²) in [7, 11) is 0. The second kappa shape index (κ2) is 6.28. The summed E-state index contributed by atoms with van der Waals surface area (Å²) in [4.78, 5) is 14.6. The highest BCUT2D eigenvalue weighted by Gasteiger charge is 2.22. The molecule has 1 aliphatic rings. The summed E-state index contributed by atoms with van der Waals surface area (Å²) in [6.07, 6.45) is 2.13. The molecule has 0 aromatic heterocycles. The fourth-order valence-electron chi connectivity index (χ4n) is 2.63. The van der Waals surface area contributed by atoms with E-state index < -0.39 is 0 Å². The van der Waals surface area contributed by atoms with E-state index in [9.17, 15) is 4.79 Å². The lowest BCUT2D eigenvalue weighted by atomic mass is 10.1. The normalized spacial score (nSPS) is 14.1. The highest BCUT2D eigenvalue weighted by atomic mass is 35.5. The van der Waals surface area contributed by atoms with Crippen LogP contribution in [0.4, 0.5) is 17.1 Å². The summed E-state index contributed by atoms with van der Waals surface area (Å²) in [5.41, 5.74) is 8.69. The lowest BCUT2D eigenvalue weighted by molar-refractivity contribution is 0.0794. The first-order valence-corrected chi connectivity index (χ1v) is 7.73. The van der Waals surface area contributed by atoms with Crippen LogP contribution in [-0.4, -0.2) is 23.9 Å². The van der Waals surface area contributed by atoms with E-state index in [4.69, 9.17) is 17.3 Å².